The lowest BCUT2D eigenvalue weighted by Gasteiger charge is -2.30. The second-order valence-corrected chi connectivity index (χ2v) is 8.78. The minimum absolute atomic E-state index is 0.0988. The maximum absolute atomic E-state index is 13.1. The zero-order chi connectivity index (χ0) is 22.3. The van der Waals surface area contributed by atoms with Gasteiger partial charge in [0.2, 0.25) is 5.91 Å². The fourth-order valence-electron chi connectivity index (χ4n) is 3.55. The number of hydrogen-bond donors (Lipinski definition) is 1. The summed E-state index contributed by atoms with van der Waals surface area (Å²) in [6.45, 7) is 6.87. The minimum atomic E-state index is -0.500. The van der Waals surface area contributed by atoms with Crippen LogP contribution in [0.4, 0.5) is 0 Å². The third-order valence-corrected chi connectivity index (χ3v) is 5.01. The number of nitrogens with zero attached hydrogens (tertiary/aromatic N) is 1. The van der Waals surface area contributed by atoms with Crippen LogP contribution in [-0.2, 0) is 16.1 Å². The molecule has 166 valence electrons. The van der Waals surface area contributed by atoms with Crippen LogP contribution in [0.5, 0.6) is 11.5 Å². The average Bonchev–Trinajstić information content (AvgIpc) is 2.95. The molecule has 1 N–H and O–H groups in total. The van der Waals surface area contributed by atoms with Gasteiger partial charge in [-0.15, -0.1) is 0 Å². The summed E-state index contributed by atoms with van der Waals surface area (Å²) in [5.41, 5.74) is 0.655. The summed E-state index contributed by atoms with van der Waals surface area (Å²) >= 11 is 0. The van der Waals surface area contributed by atoms with Crippen molar-refractivity contribution in [1.29, 1.82) is 0 Å². The molecule has 0 aliphatic carbocycles. The number of carbonyl (C=O) groups excluding carboxylic acids is 2. The molecule has 2 amide bonds. The van der Waals surface area contributed by atoms with E-state index in [1.54, 1.807) is 4.90 Å². The summed E-state index contributed by atoms with van der Waals surface area (Å²) < 4.78 is 11.6. The predicted octanol–water partition coefficient (Wildman–Crippen LogP) is 3.94. The lowest BCUT2D eigenvalue weighted by atomic mass is 10.1. The molecule has 6 nitrogen and oxygen atoms in total. The first-order valence-corrected chi connectivity index (χ1v) is 10.8. The van der Waals surface area contributed by atoms with Crippen LogP contribution >= 0.6 is 0 Å². The van der Waals surface area contributed by atoms with Crippen LogP contribution in [0.15, 0.2) is 54.6 Å². The van der Waals surface area contributed by atoms with Crippen molar-refractivity contribution in [2.75, 3.05) is 13.2 Å². The number of para-hydroxylation sites is 1. The van der Waals surface area contributed by atoms with Gasteiger partial charge in [-0.2, -0.15) is 0 Å². The van der Waals surface area contributed by atoms with Crippen LogP contribution in [0.3, 0.4) is 0 Å². The number of amides is 2. The molecule has 3 rings (SSSR count). The predicted molar refractivity (Wildman–Crippen MR) is 120 cm³/mol. The molecule has 1 unspecified atom stereocenters. The normalized spacial score (nSPS) is 16.7. The van der Waals surface area contributed by atoms with Gasteiger partial charge in [0.15, 0.2) is 6.61 Å². The molecule has 1 atom stereocenters. The van der Waals surface area contributed by atoms with Gasteiger partial charge in [0.1, 0.15) is 23.1 Å². The van der Waals surface area contributed by atoms with Crippen LogP contribution in [-0.4, -0.2) is 41.5 Å². The molecule has 2 aromatic rings. The zero-order valence-corrected chi connectivity index (χ0v) is 18.6. The molecule has 6 heteroatoms. The van der Waals surface area contributed by atoms with E-state index >= 15 is 0 Å². The molecule has 0 bridgehead atoms. The van der Waals surface area contributed by atoms with E-state index in [4.69, 9.17) is 9.47 Å². The number of benzene rings is 2. The van der Waals surface area contributed by atoms with Gasteiger partial charge in [0.25, 0.3) is 5.91 Å². The molecule has 1 saturated heterocycles. The Morgan fingerprint density at radius 1 is 1.03 bits per heavy atom. The smallest absolute Gasteiger partial charge is 0.261 e. The Hall–Kier alpha value is -3.02. The standard InChI is InChI=1S/C25H32N2O4/c1-25(2,3)31-21-14-12-19(13-15-21)17-27(22-11-7-8-16-26-24(22)29)23(28)18-30-20-9-5-4-6-10-20/h4-6,9-10,12-15,22H,7-8,11,16-18H2,1-3H3,(H,26,29). The topological polar surface area (TPSA) is 67.9 Å². The van der Waals surface area contributed by atoms with Gasteiger partial charge in [-0.25, -0.2) is 0 Å². The quantitative estimate of drug-likeness (QED) is 0.731. The van der Waals surface area contributed by atoms with Gasteiger partial charge in [0, 0.05) is 13.1 Å². The maximum Gasteiger partial charge on any atom is 0.261 e. The number of nitrogens with one attached hydrogen (secondary N) is 1. The van der Waals surface area contributed by atoms with E-state index in [-0.39, 0.29) is 24.0 Å². The molecule has 1 heterocycles. The van der Waals surface area contributed by atoms with Crippen molar-refractivity contribution >= 4 is 11.8 Å². The van der Waals surface area contributed by atoms with Crippen molar-refractivity contribution in [3.63, 3.8) is 0 Å². The molecule has 1 fully saturated rings. The molecule has 1 aliphatic rings. The molecular formula is C25H32N2O4. The molecule has 0 aromatic heterocycles. The first kappa shape index (κ1) is 22.7. The van der Waals surface area contributed by atoms with Gasteiger partial charge >= 0.3 is 0 Å². The van der Waals surface area contributed by atoms with Gasteiger partial charge in [-0.1, -0.05) is 30.3 Å². The van der Waals surface area contributed by atoms with Crippen molar-refractivity contribution < 1.29 is 19.1 Å². The van der Waals surface area contributed by atoms with Crippen LogP contribution in [0.25, 0.3) is 0 Å². The molecular weight excluding hydrogens is 392 g/mol. The highest BCUT2D eigenvalue weighted by atomic mass is 16.5. The molecule has 0 radical (unpaired) electrons. The summed E-state index contributed by atoms with van der Waals surface area (Å²) in [5, 5.41) is 2.93. The second-order valence-electron chi connectivity index (χ2n) is 8.78. The van der Waals surface area contributed by atoms with Crippen molar-refractivity contribution in [2.24, 2.45) is 0 Å². The SMILES string of the molecule is CC(C)(C)Oc1ccc(CN(C(=O)COc2ccccc2)C2CCCCNC2=O)cc1. The zero-order valence-electron chi connectivity index (χ0n) is 18.6. The lowest BCUT2D eigenvalue weighted by molar-refractivity contribution is -0.142. The van der Waals surface area contributed by atoms with Gasteiger partial charge in [0.05, 0.1) is 0 Å². The first-order chi connectivity index (χ1) is 14.8. The van der Waals surface area contributed by atoms with Crippen molar-refractivity contribution in [2.45, 2.75) is 58.2 Å². The highest BCUT2D eigenvalue weighted by molar-refractivity contribution is 5.88. The molecule has 0 saturated carbocycles. The fraction of sp³-hybridized carbons (Fsp3) is 0.440. The summed E-state index contributed by atoms with van der Waals surface area (Å²) in [5.74, 6) is 1.10. The Kier molecular flexibility index (Phi) is 7.55. The number of rotatable bonds is 7. The molecule has 2 aromatic carbocycles. The molecule has 31 heavy (non-hydrogen) atoms. The summed E-state index contributed by atoms with van der Waals surface area (Å²) in [4.78, 5) is 27.4. The van der Waals surface area contributed by atoms with Gasteiger partial charge < -0.3 is 19.7 Å². The second kappa shape index (κ2) is 10.3. The third-order valence-electron chi connectivity index (χ3n) is 5.01. The van der Waals surface area contributed by atoms with E-state index in [1.165, 1.54) is 0 Å². The highest BCUT2D eigenvalue weighted by Crippen LogP contribution is 2.21. The van der Waals surface area contributed by atoms with Gasteiger partial charge in [-0.3, -0.25) is 9.59 Å². The van der Waals surface area contributed by atoms with E-state index in [9.17, 15) is 9.59 Å². The average molecular weight is 425 g/mol. The van der Waals surface area contributed by atoms with E-state index in [2.05, 4.69) is 5.32 Å². The van der Waals surface area contributed by atoms with E-state index in [0.29, 0.717) is 25.3 Å². The van der Waals surface area contributed by atoms with Crippen LogP contribution in [0.1, 0.15) is 45.6 Å². The van der Waals surface area contributed by atoms with E-state index in [0.717, 1.165) is 24.2 Å². The number of hydrogen-bond acceptors (Lipinski definition) is 4. The van der Waals surface area contributed by atoms with E-state index in [1.807, 2.05) is 75.4 Å². The van der Waals surface area contributed by atoms with Crippen molar-refractivity contribution in [3.8, 4) is 11.5 Å². The minimum Gasteiger partial charge on any atom is -0.488 e. The van der Waals surface area contributed by atoms with Crippen molar-refractivity contribution in [1.82, 2.24) is 10.2 Å². The number of ether oxygens (including phenoxy) is 2. The molecule has 0 spiro atoms. The highest BCUT2D eigenvalue weighted by Gasteiger charge is 2.31. The van der Waals surface area contributed by atoms with Crippen LogP contribution in [0.2, 0.25) is 0 Å². The largest absolute Gasteiger partial charge is 0.488 e. The molecule has 1 aliphatic heterocycles. The number of carbonyl (C=O) groups is 2. The Morgan fingerprint density at radius 2 is 1.74 bits per heavy atom. The van der Waals surface area contributed by atoms with Crippen molar-refractivity contribution in [3.05, 3.63) is 60.2 Å². The van der Waals surface area contributed by atoms with Crippen LogP contribution in [0, 0.1) is 0 Å². The third kappa shape index (κ3) is 7.02. The van der Waals surface area contributed by atoms with Gasteiger partial charge in [-0.05, 0) is 69.9 Å². The monoisotopic (exact) mass is 424 g/mol. The van der Waals surface area contributed by atoms with E-state index < -0.39 is 6.04 Å². The van der Waals surface area contributed by atoms with Crippen LogP contribution < -0.4 is 14.8 Å². The maximum atomic E-state index is 13.1. The first-order valence-electron chi connectivity index (χ1n) is 10.8. The summed E-state index contributed by atoms with van der Waals surface area (Å²) in [6.07, 6.45) is 2.46. The summed E-state index contributed by atoms with van der Waals surface area (Å²) in [7, 11) is 0. The Bertz CT molecular complexity index is 859. The lowest BCUT2D eigenvalue weighted by Crippen LogP contribution is -2.49. The summed E-state index contributed by atoms with van der Waals surface area (Å²) in [6, 6.07) is 16.4. The Balaban J connectivity index is 1.74. The fourth-order valence-corrected chi connectivity index (χ4v) is 3.55. The Morgan fingerprint density at radius 3 is 2.42 bits per heavy atom. The Labute approximate surface area is 184 Å².